The van der Waals surface area contributed by atoms with Crippen LogP contribution in [0.4, 0.5) is 0 Å². The van der Waals surface area contributed by atoms with Crippen molar-refractivity contribution in [2.45, 2.75) is 25.0 Å². The highest BCUT2D eigenvalue weighted by Gasteiger charge is 2.39. The van der Waals surface area contributed by atoms with Gasteiger partial charge in [-0.25, -0.2) is 4.79 Å². The molecule has 92 valence electrons. The highest BCUT2D eigenvalue weighted by atomic mass is 16.5. The molecule has 0 saturated carbocycles. The number of rotatable bonds is 5. The van der Waals surface area contributed by atoms with Crippen LogP contribution in [0.15, 0.2) is 0 Å². The average molecular weight is 230 g/mol. The van der Waals surface area contributed by atoms with Crippen molar-refractivity contribution in [3.63, 3.8) is 0 Å². The van der Waals surface area contributed by atoms with E-state index < -0.39 is 12.0 Å². The summed E-state index contributed by atoms with van der Waals surface area (Å²) in [7, 11) is 3.29. The molecule has 16 heavy (non-hydrogen) atoms. The van der Waals surface area contributed by atoms with Gasteiger partial charge in [-0.2, -0.15) is 0 Å². The van der Waals surface area contributed by atoms with E-state index >= 15 is 0 Å². The van der Waals surface area contributed by atoms with Crippen LogP contribution in [0, 0.1) is 0 Å². The molecule has 0 aromatic heterocycles. The van der Waals surface area contributed by atoms with Gasteiger partial charge in [0.2, 0.25) is 5.91 Å². The number of hydrogen-bond acceptors (Lipinski definition) is 4. The number of likely N-dealkylation sites (tertiary alicyclic amines) is 1. The number of nitrogens with zero attached hydrogens (tertiary/aromatic N) is 1. The first kappa shape index (κ1) is 12.9. The van der Waals surface area contributed by atoms with Crippen LogP contribution >= 0.6 is 0 Å². The summed E-state index contributed by atoms with van der Waals surface area (Å²) in [6, 6.07) is -0.741. The van der Waals surface area contributed by atoms with Crippen molar-refractivity contribution in [3.8, 4) is 0 Å². The summed E-state index contributed by atoms with van der Waals surface area (Å²) < 4.78 is 5.10. The zero-order chi connectivity index (χ0) is 12.1. The molecule has 6 heteroatoms. The number of nitrogens with one attached hydrogen (secondary N) is 1. The van der Waals surface area contributed by atoms with Gasteiger partial charge in [-0.1, -0.05) is 0 Å². The molecule has 6 nitrogen and oxygen atoms in total. The molecule has 0 bridgehead atoms. The molecule has 2 N–H and O–H groups in total. The maximum atomic E-state index is 11.7. The van der Waals surface area contributed by atoms with Gasteiger partial charge < -0.3 is 20.1 Å². The smallest absolute Gasteiger partial charge is 0.326 e. The van der Waals surface area contributed by atoms with Crippen LogP contribution in [-0.2, 0) is 14.3 Å². The summed E-state index contributed by atoms with van der Waals surface area (Å²) in [6.07, 6.45) is 0.521. The third-order valence-electron chi connectivity index (χ3n) is 2.79. The molecule has 0 aliphatic carbocycles. The van der Waals surface area contributed by atoms with Crippen molar-refractivity contribution < 1.29 is 19.4 Å². The summed E-state index contributed by atoms with van der Waals surface area (Å²) >= 11 is 0. The lowest BCUT2D eigenvalue weighted by atomic mass is 10.2. The lowest BCUT2D eigenvalue weighted by Crippen LogP contribution is -2.41. The number of hydrogen-bond donors (Lipinski definition) is 2. The summed E-state index contributed by atoms with van der Waals surface area (Å²) in [5.74, 6) is -1.10. The van der Waals surface area contributed by atoms with Gasteiger partial charge in [0.15, 0.2) is 0 Å². The first-order valence-electron chi connectivity index (χ1n) is 5.29. The SMILES string of the molecule is CNCCC(=O)N1CC(OC)CC1C(=O)O. The molecule has 0 spiro atoms. The van der Waals surface area contributed by atoms with E-state index in [2.05, 4.69) is 5.32 Å². The van der Waals surface area contributed by atoms with E-state index in [0.29, 0.717) is 25.9 Å². The third kappa shape index (κ3) is 2.93. The minimum Gasteiger partial charge on any atom is -0.480 e. The van der Waals surface area contributed by atoms with Crippen LogP contribution in [0.2, 0.25) is 0 Å². The molecule has 0 aromatic carbocycles. The first-order valence-corrected chi connectivity index (χ1v) is 5.29. The predicted octanol–water partition coefficient (Wildman–Crippen LogP) is -0.704. The van der Waals surface area contributed by atoms with Gasteiger partial charge in [-0.15, -0.1) is 0 Å². The highest BCUT2D eigenvalue weighted by molar-refractivity contribution is 5.84. The Morgan fingerprint density at radius 1 is 1.56 bits per heavy atom. The zero-order valence-electron chi connectivity index (χ0n) is 9.60. The number of aliphatic carboxylic acids is 1. The number of carboxylic acids is 1. The average Bonchev–Trinajstić information content (AvgIpc) is 2.70. The lowest BCUT2D eigenvalue weighted by molar-refractivity contribution is -0.148. The largest absolute Gasteiger partial charge is 0.480 e. The second kappa shape index (κ2) is 5.81. The first-order chi connectivity index (χ1) is 7.60. The molecular formula is C10H18N2O4. The normalized spacial score (nSPS) is 24.8. The van der Waals surface area contributed by atoms with Gasteiger partial charge in [0, 0.05) is 33.0 Å². The zero-order valence-corrected chi connectivity index (χ0v) is 9.60. The Hall–Kier alpha value is -1.14. The minimum atomic E-state index is -0.961. The molecule has 1 aliphatic heterocycles. The Labute approximate surface area is 94.6 Å². The Morgan fingerprint density at radius 2 is 2.25 bits per heavy atom. The molecule has 0 radical (unpaired) electrons. The van der Waals surface area contributed by atoms with Crippen LogP contribution in [0.1, 0.15) is 12.8 Å². The van der Waals surface area contributed by atoms with Crippen LogP contribution in [0.3, 0.4) is 0 Å². The number of carboxylic acid groups (broad SMARTS) is 1. The molecule has 1 aliphatic rings. The van der Waals surface area contributed by atoms with Crippen molar-refractivity contribution in [2.24, 2.45) is 0 Å². The quantitative estimate of drug-likeness (QED) is 0.652. The van der Waals surface area contributed by atoms with Gasteiger partial charge in [-0.05, 0) is 7.05 Å². The topological polar surface area (TPSA) is 78.9 Å². The summed E-state index contributed by atoms with van der Waals surface area (Å²) in [5.41, 5.74) is 0. The summed E-state index contributed by atoms with van der Waals surface area (Å²) in [5, 5.41) is 11.9. The number of ether oxygens (including phenoxy) is 1. The standard InChI is InChI=1S/C10H18N2O4/c1-11-4-3-9(13)12-6-7(16-2)5-8(12)10(14)15/h7-8,11H,3-6H2,1-2H3,(H,14,15). The second-order valence-corrected chi connectivity index (χ2v) is 3.85. The number of carbonyl (C=O) groups is 2. The maximum Gasteiger partial charge on any atom is 0.326 e. The van der Waals surface area contributed by atoms with Crippen molar-refractivity contribution >= 4 is 11.9 Å². The molecule has 1 heterocycles. The monoisotopic (exact) mass is 230 g/mol. The fourth-order valence-corrected chi connectivity index (χ4v) is 1.85. The molecule has 1 saturated heterocycles. The van der Waals surface area contributed by atoms with Crippen molar-refractivity contribution in [1.82, 2.24) is 10.2 Å². The van der Waals surface area contributed by atoms with Crippen LogP contribution in [0.25, 0.3) is 0 Å². The maximum absolute atomic E-state index is 11.7. The number of amides is 1. The molecule has 0 aromatic rings. The van der Waals surface area contributed by atoms with Gasteiger partial charge >= 0.3 is 5.97 Å². The van der Waals surface area contributed by atoms with E-state index in [0.717, 1.165) is 0 Å². The molecule has 2 unspecified atom stereocenters. The molecule has 1 amide bonds. The molecular weight excluding hydrogens is 212 g/mol. The molecule has 2 atom stereocenters. The molecule has 1 rings (SSSR count). The molecule has 1 fully saturated rings. The lowest BCUT2D eigenvalue weighted by Gasteiger charge is -2.21. The van der Waals surface area contributed by atoms with Crippen LogP contribution < -0.4 is 5.32 Å². The summed E-state index contributed by atoms with van der Waals surface area (Å²) in [6.45, 7) is 0.926. The predicted molar refractivity (Wildman–Crippen MR) is 57.1 cm³/mol. The second-order valence-electron chi connectivity index (χ2n) is 3.85. The van der Waals surface area contributed by atoms with Crippen molar-refractivity contribution in [1.29, 1.82) is 0 Å². The Bertz CT molecular complexity index is 270. The van der Waals surface area contributed by atoms with Crippen LogP contribution in [-0.4, -0.2) is 61.3 Å². The van der Waals surface area contributed by atoms with Gasteiger partial charge in [-0.3, -0.25) is 4.79 Å². The van der Waals surface area contributed by atoms with E-state index in [1.165, 1.54) is 12.0 Å². The Balaban J connectivity index is 2.61. The Morgan fingerprint density at radius 3 is 2.75 bits per heavy atom. The highest BCUT2D eigenvalue weighted by Crippen LogP contribution is 2.20. The fraction of sp³-hybridized carbons (Fsp3) is 0.800. The van der Waals surface area contributed by atoms with Crippen LogP contribution in [0.5, 0.6) is 0 Å². The van der Waals surface area contributed by atoms with Gasteiger partial charge in [0.25, 0.3) is 0 Å². The number of methoxy groups -OCH3 is 1. The van der Waals surface area contributed by atoms with Gasteiger partial charge in [0.1, 0.15) is 6.04 Å². The van der Waals surface area contributed by atoms with E-state index in [-0.39, 0.29) is 12.0 Å². The van der Waals surface area contributed by atoms with Crippen molar-refractivity contribution in [3.05, 3.63) is 0 Å². The summed E-state index contributed by atoms with van der Waals surface area (Å²) in [4.78, 5) is 24.1. The third-order valence-corrected chi connectivity index (χ3v) is 2.79. The van der Waals surface area contributed by atoms with E-state index in [1.54, 1.807) is 7.05 Å². The number of carbonyl (C=O) groups excluding carboxylic acids is 1. The Kier molecular flexibility index (Phi) is 4.70. The fourth-order valence-electron chi connectivity index (χ4n) is 1.85. The van der Waals surface area contributed by atoms with Crippen molar-refractivity contribution in [2.75, 3.05) is 27.2 Å². The van der Waals surface area contributed by atoms with E-state index in [1.807, 2.05) is 0 Å². The van der Waals surface area contributed by atoms with E-state index in [9.17, 15) is 9.59 Å². The van der Waals surface area contributed by atoms with E-state index in [4.69, 9.17) is 9.84 Å². The van der Waals surface area contributed by atoms with Gasteiger partial charge in [0.05, 0.1) is 6.10 Å². The minimum absolute atomic E-state index is 0.138.